The van der Waals surface area contributed by atoms with Crippen molar-refractivity contribution in [2.75, 3.05) is 25.1 Å². The smallest absolute Gasteiger partial charge is 0.0723 e. The predicted octanol–water partition coefficient (Wildman–Crippen LogP) is 3.55. The van der Waals surface area contributed by atoms with E-state index >= 15 is 0 Å². The number of H-pyrrole nitrogens is 1. The van der Waals surface area contributed by atoms with Gasteiger partial charge in [-0.15, -0.1) is 0 Å². The molecular weight excluding hydrogens is 300 g/mol. The number of hydrogen-bond donors (Lipinski definition) is 1. The maximum absolute atomic E-state index is 5.49. The fourth-order valence-corrected chi connectivity index (χ4v) is 3.55. The number of anilines is 1. The van der Waals surface area contributed by atoms with Crippen molar-refractivity contribution >= 4 is 16.6 Å². The molecule has 5 heteroatoms. The number of fused-ring (bicyclic) bond motifs is 1. The first kappa shape index (κ1) is 15.1. The largest absolute Gasteiger partial charge is 0.381 e. The summed E-state index contributed by atoms with van der Waals surface area (Å²) >= 11 is 0. The summed E-state index contributed by atoms with van der Waals surface area (Å²) in [5.41, 5.74) is 5.70. The number of piperidine rings is 1. The molecule has 3 heterocycles. The van der Waals surface area contributed by atoms with Gasteiger partial charge in [-0.1, -0.05) is 6.07 Å². The minimum absolute atomic E-state index is 0.387. The van der Waals surface area contributed by atoms with Gasteiger partial charge in [0.25, 0.3) is 0 Å². The molecule has 1 aliphatic heterocycles. The third-order valence-electron chi connectivity index (χ3n) is 4.98. The molecule has 0 saturated carbocycles. The molecule has 3 aromatic rings. The van der Waals surface area contributed by atoms with Crippen molar-refractivity contribution in [1.82, 2.24) is 15.2 Å². The van der Waals surface area contributed by atoms with Gasteiger partial charge in [0, 0.05) is 48.7 Å². The second kappa shape index (κ2) is 6.24. The van der Waals surface area contributed by atoms with E-state index in [4.69, 9.17) is 4.74 Å². The molecule has 0 atom stereocenters. The van der Waals surface area contributed by atoms with Crippen LogP contribution in [0.2, 0.25) is 0 Å². The van der Waals surface area contributed by atoms with Crippen molar-refractivity contribution < 1.29 is 4.74 Å². The van der Waals surface area contributed by atoms with Crippen molar-refractivity contribution in [3.8, 4) is 11.1 Å². The lowest BCUT2D eigenvalue weighted by atomic mass is 10.0. The van der Waals surface area contributed by atoms with E-state index in [1.54, 1.807) is 0 Å². The predicted molar refractivity (Wildman–Crippen MR) is 96.3 cm³/mol. The Hall–Kier alpha value is -2.40. The van der Waals surface area contributed by atoms with E-state index in [0.29, 0.717) is 6.10 Å². The first-order chi connectivity index (χ1) is 11.8. The minimum Gasteiger partial charge on any atom is -0.381 e. The number of nitrogens with one attached hydrogen (secondary N) is 1. The number of pyridine rings is 1. The van der Waals surface area contributed by atoms with Crippen molar-refractivity contribution in [3.05, 3.63) is 42.4 Å². The second-order valence-corrected chi connectivity index (χ2v) is 6.39. The number of hydrogen-bond acceptors (Lipinski definition) is 4. The lowest BCUT2D eigenvalue weighted by Crippen LogP contribution is -2.36. The van der Waals surface area contributed by atoms with Gasteiger partial charge in [0.15, 0.2) is 0 Å². The zero-order valence-corrected chi connectivity index (χ0v) is 14.1. The zero-order valence-electron chi connectivity index (χ0n) is 14.1. The molecule has 1 saturated heterocycles. The molecule has 1 aromatic carbocycles. The van der Waals surface area contributed by atoms with Crippen molar-refractivity contribution in [3.63, 3.8) is 0 Å². The van der Waals surface area contributed by atoms with Crippen LogP contribution >= 0.6 is 0 Å². The fraction of sp³-hybridized carbons (Fsp3) is 0.368. The Balaban J connectivity index is 1.74. The quantitative estimate of drug-likeness (QED) is 0.801. The van der Waals surface area contributed by atoms with Crippen LogP contribution in [0, 0.1) is 6.92 Å². The highest BCUT2D eigenvalue weighted by molar-refractivity contribution is 5.94. The summed E-state index contributed by atoms with van der Waals surface area (Å²) in [6.45, 7) is 4.09. The number of ether oxygens (including phenoxy) is 1. The van der Waals surface area contributed by atoms with Crippen molar-refractivity contribution in [2.45, 2.75) is 25.9 Å². The molecule has 5 nitrogen and oxygen atoms in total. The maximum Gasteiger partial charge on any atom is 0.0723 e. The molecule has 0 unspecified atom stereocenters. The average Bonchev–Trinajstić information content (AvgIpc) is 3.07. The van der Waals surface area contributed by atoms with Crippen LogP contribution in [0.3, 0.4) is 0 Å². The fourth-order valence-electron chi connectivity index (χ4n) is 3.55. The maximum atomic E-state index is 5.49. The topological polar surface area (TPSA) is 54.0 Å². The van der Waals surface area contributed by atoms with Crippen LogP contribution in [0.25, 0.3) is 22.0 Å². The number of aromatic amines is 1. The van der Waals surface area contributed by atoms with E-state index in [0.717, 1.165) is 42.7 Å². The van der Waals surface area contributed by atoms with Gasteiger partial charge in [-0.2, -0.15) is 5.10 Å². The standard InChI is InChI=1S/C19H22N4O/c1-13-17(12-21-22-13)14-3-4-18-16(11-14)19(5-8-20-18)23-9-6-15(24-2)7-10-23/h3-5,8,11-12,15H,6-7,9-10H2,1-2H3,(H,21,22). The van der Waals surface area contributed by atoms with Gasteiger partial charge in [-0.05, 0) is 43.5 Å². The average molecular weight is 322 g/mol. The van der Waals surface area contributed by atoms with Gasteiger partial charge in [0.1, 0.15) is 0 Å². The van der Waals surface area contributed by atoms with Crippen LogP contribution < -0.4 is 4.90 Å². The molecule has 0 bridgehead atoms. The Labute approximate surface area is 141 Å². The lowest BCUT2D eigenvalue weighted by Gasteiger charge is -2.33. The van der Waals surface area contributed by atoms with Gasteiger partial charge in [-0.25, -0.2) is 0 Å². The molecule has 1 N–H and O–H groups in total. The van der Waals surface area contributed by atoms with Gasteiger partial charge >= 0.3 is 0 Å². The molecule has 0 radical (unpaired) electrons. The van der Waals surface area contributed by atoms with Gasteiger partial charge < -0.3 is 9.64 Å². The van der Waals surface area contributed by atoms with Gasteiger partial charge in [0.05, 0.1) is 17.8 Å². The molecule has 2 aromatic heterocycles. The van der Waals surface area contributed by atoms with E-state index in [2.05, 4.69) is 44.3 Å². The summed E-state index contributed by atoms with van der Waals surface area (Å²) in [5.74, 6) is 0. The van der Waals surface area contributed by atoms with E-state index in [1.165, 1.54) is 16.6 Å². The van der Waals surface area contributed by atoms with E-state index in [-0.39, 0.29) is 0 Å². The molecule has 124 valence electrons. The summed E-state index contributed by atoms with van der Waals surface area (Å²) < 4.78 is 5.49. The molecule has 24 heavy (non-hydrogen) atoms. The first-order valence-electron chi connectivity index (χ1n) is 8.43. The van der Waals surface area contributed by atoms with Crippen molar-refractivity contribution in [2.24, 2.45) is 0 Å². The number of aromatic nitrogens is 3. The van der Waals surface area contributed by atoms with Crippen LogP contribution in [0.4, 0.5) is 5.69 Å². The number of methoxy groups -OCH3 is 1. The minimum atomic E-state index is 0.387. The number of benzene rings is 1. The Morgan fingerprint density at radius 2 is 2.04 bits per heavy atom. The third kappa shape index (κ3) is 2.65. The van der Waals surface area contributed by atoms with Crippen LogP contribution in [0.1, 0.15) is 18.5 Å². The van der Waals surface area contributed by atoms with Crippen LogP contribution in [0.15, 0.2) is 36.7 Å². The highest BCUT2D eigenvalue weighted by atomic mass is 16.5. The highest BCUT2D eigenvalue weighted by Crippen LogP contribution is 2.32. The molecule has 1 aliphatic rings. The summed E-state index contributed by atoms with van der Waals surface area (Å²) in [6, 6.07) is 8.58. The van der Waals surface area contributed by atoms with E-state index in [9.17, 15) is 0 Å². The Bertz CT molecular complexity index is 849. The van der Waals surface area contributed by atoms with Gasteiger partial charge in [-0.3, -0.25) is 10.1 Å². The zero-order chi connectivity index (χ0) is 16.5. The summed E-state index contributed by atoms with van der Waals surface area (Å²) in [7, 11) is 1.81. The first-order valence-corrected chi connectivity index (χ1v) is 8.43. The summed E-state index contributed by atoms with van der Waals surface area (Å²) in [5, 5.41) is 8.36. The highest BCUT2D eigenvalue weighted by Gasteiger charge is 2.20. The Morgan fingerprint density at radius 1 is 1.21 bits per heavy atom. The lowest BCUT2D eigenvalue weighted by molar-refractivity contribution is 0.0819. The number of aryl methyl sites for hydroxylation is 1. The number of nitrogens with zero attached hydrogens (tertiary/aromatic N) is 3. The number of rotatable bonds is 3. The Kier molecular flexibility index (Phi) is 3.94. The molecule has 0 aliphatic carbocycles. The van der Waals surface area contributed by atoms with Gasteiger partial charge in [0.2, 0.25) is 0 Å². The van der Waals surface area contributed by atoms with Crippen LogP contribution in [-0.4, -0.2) is 41.5 Å². The van der Waals surface area contributed by atoms with E-state index < -0.39 is 0 Å². The van der Waals surface area contributed by atoms with Crippen LogP contribution in [0.5, 0.6) is 0 Å². The van der Waals surface area contributed by atoms with E-state index in [1.807, 2.05) is 26.4 Å². The summed E-state index contributed by atoms with van der Waals surface area (Å²) in [4.78, 5) is 6.99. The molecule has 0 amide bonds. The molecule has 4 rings (SSSR count). The summed E-state index contributed by atoms with van der Waals surface area (Å²) in [6.07, 6.45) is 6.32. The molecule has 1 fully saturated rings. The second-order valence-electron chi connectivity index (χ2n) is 6.39. The van der Waals surface area contributed by atoms with Crippen molar-refractivity contribution in [1.29, 1.82) is 0 Å². The monoisotopic (exact) mass is 322 g/mol. The normalized spacial score (nSPS) is 16.0. The Morgan fingerprint density at radius 3 is 2.75 bits per heavy atom. The molecular formula is C19H22N4O. The third-order valence-corrected chi connectivity index (χ3v) is 4.98. The van der Waals surface area contributed by atoms with Crippen LogP contribution in [-0.2, 0) is 4.74 Å². The SMILES string of the molecule is COC1CCN(c2ccnc3ccc(-c4cn[nH]c4C)cc23)CC1. The molecule has 0 spiro atoms.